The largest absolute Gasteiger partial charge is 0.394 e. The van der Waals surface area contributed by atoms with Crippen molar-refractivity contribution in [1.29, 1.82) is 0 Å². The van der Waals surface area contributed by atoms with Gasteiger partial charge in [0, 0.05) is 0 Å². The van der Waals surface area contributed by atoms with E-state index in [-0.39, 0.29) is 6.61 Å². The van der Waals surface area contributed by atoms with Gasteiger partial charge in [-0.15, -0.1) is 0 Å². The minimum atomic E-state index is -1.07. The normalized spacial score (nSPS) is 13.2. The van der Waals surface area contributed by atoms with Gasteiger partial charge in [-0.05, 0) is 12.8 Å². The van der Waals surface area contributed by atoms with Gasteiger partial charge in [0.2, 0.25) is 5.91 Å². The van der Waals surface area contributed by atoms with Crippen molar-refractivity contribution in [2.45, 2.75) is 334 Å². The lowest BCUT2D eigenvalue weighted by Gasteiger charge is -2.23. The molecule has 0 aliphatic carbocycles. The molecule has 4 N–H and O–H groups in total. The third-order valence-electron chi connectivity index (χ3n) is 13.2. The van der Waals surface area contributed by atoms with E-state index in [1.54, 1.807) is 0 Å². The molecule has 0 heterocycles. The maximum absolute atomic E-state index is 12.6. The summed E-state index contributed by atoms with van der Waals surface area (Å²) in [7, 11) is 0. The molecule has 0 saturated carbocycles. The van der Waals surface area contributed by atoms with Crippen molar-refractivity contribution < 1.29 is 20.1 Å². The molecule has 5 nitrogen and oxygen atoms in total. The second kappa shape index (κ2) is 50.0. The standard InChI is InChI=1S/C54H109NO4/c1-3-5-7-9-11-13-15-17-19-21-23-24-25-26-27-28-29-30-31-33-35-37-39-41-43-45-47-49-53(58)54(59)55-51(50-56)52(57)48-46-44-42-40-38-36-34-32-22-20-18-16-14-12-10-8-6-4-2/h51-53,56-58H,3-50H2,1-2H3,(H,55,59). The van der Waals surface area contributed by atoms with Gasteiger partial charge >= 0.3 is 0 Å². The molecular weight excluding hydrogens is 727 g/mol. The molecule has 3 atom stereocenters. The van der Waals surface area contributed by atoms with E-state index in [0.717, 1.165) is 32.1 Å². The summed E-state index contributed by atoms with van der Waals surface area (Å²) in [5.74, 6) is -0.462. The summed E-state index contributed by atoms with van der Waals surface area (Å²) in [6.45, 7) is 4.27. The van der Waals surface area contributed by atoms with Crippen molar-refractivity contribution >= 4 is 5.91 Å². The van der Waals surface area contributed by atoms with Gasteiger partial charge in [-0.3, -0.25) is 4.79 Å². The van der Waals surface area contributed by atoms with E-state index in [9.17, 15) is 20.1 Å². The number of unbranched alkanes of at least 4 members (excludes halogenated alkanes) is 43. The van der Waals surface area contributed by atoms with Gasteiger partial charge in [0.1, 0.15) is 6.10 Å². The fraction of sp³-hybridized carbons (Fsp3) is 0.981. The number of aliphatic hydroxyl groups is 3. The first-order chi connectivity index (χ1) is 29.1. The Bertz CT molecular complexity index is 792. The van der Waals surface area contributed by atoms with E-state index >= 15 is 0 Å². The number of nitrogens with one attached hydrogen (secondary N) is 1. The van der Waals surface area contributed by atoms with E-state index in [1.165, 1.54) is 257 Å². The van der Waals surface area contributed by atoms with E-state index in [2.05, 4.69) is 19.2 Å². The van der Waals surface area contributed by atoms with E-state index in [1.807, 2.05) is 0 Å². The lowest BCUT2D eigenvalue weighted by molar-refractivity contribution is -0.131. The quantitative estimate of drug-likeness (QED) is 0.0460. The Balaban J connectivity index is 3.48. The van der Waals surface area contributed by atoms with Crippen molar-refractivity contribution in [2.24, 2.45) is 0 Å². The molecule has 59 heavy (non-hydrogen) atoms. The SMILES string of the molecule is CCCCCCCCCCCCCCCCCCCCCCCCCCCCCC(O)C(=O)NC(CO)C(O)CCCCCCCCCCCCCCCCCCCC. The van der Waals surface area contributed by atoms with Crippen LogP contribution in [-0.2, 0) is 4.79 Å². The molecule has 0 aliphatic heterocycles. The first-order valence-corrected chi connectivity index (χ1v) is 27.3. The molecular formula is C54H109NO4. The maximum Gasteiger partial charge on any atom is 0.249 e. The zero-order valence-electron chi connectivity index (χ0n) is 40.4. The van der Waals surface area contributed by atoms with Gasteiger partial charge < -0.3 is 20.6 Å². The van der Waals surface area contributed by atoms with Crippen LogP contribution in [0.2, 0.25) is 0 Å². The third kappa shape index (κ3) is 45.2. The molecule has 0 aromatic heterocycles. The minimum absolute atomic E-state index is 0.307. The Morgan fingerprint density at radius 3 is 0.763 bits per heavy atom. The number of carbonyl (C=O) groups is 1. The number of rotatable bonds is 51. The van der Waals surface area contributed by atoms with Crippen molar-refractivity contribution in [3.63, 3.8) is 0 Å². The summed E-state index contributed by atoms with van der Waals surface area (Å²) in [6, 6.07) is -0.707. The summed E-state index contributed by atoms with van der Waals surface area (Å²) in [5.41, 5.74) is 0. The summed E-state index contributed by atoms with van der Waals surface area (Å²) >= 11 is 0. The molecule has 0 bridgehead atoms. The fourth-order valence-corrected chi connectivity index (χ4v) is 8.96. The number of hydrogen-bond donors (Lipinski definition) is 4. The lowest BCUT2D eigenvalue weighted by Crippen LogP contribution is -2.49. The van der Waals surface area contributed by atoms with Crippen LogP contribution in [0.1, 0.15) is 316 Å². The fourth-order valence-electron chi connectivity index (χ4n) is 8.96. The molecule has 0 aromatic carbocycles. The molecule has 0 aliphatic rings. The third-order valence-corrected chi connectivity index (χ3v) is 13.2. The van der Waals surface area contributed by atoms with Crippen molar-refractivity contribution in [1.82, 2.24) is 5.32 Å². The second-order valence-electron chi connectivity index (χ2n) is 19.2. The van der Waals surface area contributed by atoms with E-state index in [4.69, 9.17) is 0 Å². The maximum atomic E-state index is 12.6. The Hall–Kier alpha value is -0.650. The summed E-state index contributed by atoms with van der Waals surface area (Å²) in [4.78, 5) is 12.6. The Morgan fingerprint density at radius 2 is 0.542 bits per heavy atom. The van der Waals surface area contributed by atoms with Crippen LogP contribution >= 0.6 is 0 Å². The van der Waals surface area contributed by atoms with Crippen molar-refractivity contribution in [3.8, 4) is 0 Å². The predicted molar refractivity (Wildman–Crippen MR) is 259 cm³/mol. The topological polar surface area (TPSA) is 89.8 Å². The molecule has 0 rings (SSSR count). The summed E-state index contributed by atoms with van der Waals surface area (Å²) in [6.07, 6.45) is 60.0. The molecule has 0 aromatic rings. The van der Waals surface area contributed by atoms with Gasteiger partial charge in [0.25, 0.3) is 0 Å². The van der Waals surface area contributed by atoms with Gasteiger partial charge in [-0.2, -0.15) is 0 Å². The molecule has 354 valence electrons. The van der Waals surface area contributed by atoms with Crippen LogP contribution in [0.25, 0.3) is 0 Å². The number of amides is 1. The van der Waals surface area contributed by atoms with Crippen LogP contribution in [0.3, 0.4) is 0 Å². The Labute approximate surface area is 370 Å². The molecule has 3 unspecified atom stereocenters. The second-order valence-corrected chi connectivity index (χ2v) is 19.2. The van der Waals surface area contributed by atoms with E-state index in [0.29, 0.717) is 12.8 Å². The number of hydrogen-bond acceptors (Lipinski definition) is 4. The Kier molecular flexibility index (Phi) is 49.4. The minimum Gasteiger partial charge on any atom is -0.394 e. The van der Waals surface area contributed by atoms with Crippen molar-refractivity contribution in [3.05, 3.63) is 0 Å². The molecule has 0 spiro atoms. The molecule has 5 heteroatoms. The van der Waals surface area contributed by atoms with Crippen LogP contribution < -0.4 is 5.32 Å². The Morgan fingerprint density at radius 1 is 0.339 bits per heavy atom. The average Bonchev–Trinajstić information content (AvgIpc) is 3.24. The lowest BCUT2D eigenvalue weighted by atomic mass is 10.0. The van der Waals surface area contributed by atoms with Crippen molar-refractivity contribution in [2.75, 3.05) is 6.61 Å². The molecule has 0 fully saturated rings. The molecule has 1 amide bonds. The highest BCUT2D eigenvalue weighted by molar-refractivity contribution is 5.80. The number of carbonyl (C=O) groups excluding carboxylic acids is 1. The first kappa shape index (κ1) is 58.4. The highest BCUT2D eigenvalue weighted by atomic mass is 16.3. The first-order valence-electron chi connectivity index (χ1n) is 27.3. The van der Waals surface area contributed by atoms with Crippen LogP contribution in [0.4, 0.5) is 0 Å². The zero-order valence-corrected chi connectivity index (χ0v) is 40.4. The van der Waals surface area contributed by atoms with Crippen LogP contribution in [0.5, 0.6) is 0 Å². The van der Waals surface area contributed by atoms with E-state index < -0.39 is 24.2 Å². The van der Waals surface area contributed by atoms with Gasteiger partial charge in [-0.25, -0.2) is 0 Å². The highest BCUT2D eigenvalue weighted by Crippen LogP contribution is 2.18. The average molecular weight is 836 g/mol. The predicted octanol–water partition coefficient (Wildman–Crippen LogP) is 16.6. The van der Waals surface area contributed by atoms with Gasteiger partial charge in [0.05, 0.1) is 18.8 Å². The van der Waals surface area contributed by atoms with Gasteiger partial charge in [-0.1, -0.05) is 303 Å². The van der Waals surface area contributed by atoms with Crippen LogP contribution in [0, 0.1) is 0 Å². The number of aliphatic hydroxyl groups excluding tert-OH is 3. The summed E-state index contributed by atoms with van der Waals surface area (Å²) < 4.78 is 0. The van der Waals surface area contributed by atoms with Gasteiger partial charge in [0.15, 0.2) is 0 Å². The molecule has 0 saturated heterocycles. The van der Waals surface area contributed by atoms with Crippen LogP contribution in [-0.4, -0.2) is 46.1 Å². The smallest absolute Gasteiger partial charge is 0.249 e. The zero-order chi connectivity index (χ0) is 43.0. The van der Waals surface area contributed by atoms with Crippen LogP contribution in [0.15, 0.2) is 0 Å². The highest BCUT2D eigenvalue weighted by Gasteiger charge is 2.23. The molecule has 0 radical (unpaired) electrons. The summed E-state index contributed by atoms with van der Waals surface area (Å²) in [5, 5.41) is 33.5. The monoisotopic (exact) mass is 836 g/mol.